The summed E-state index contributed by atoms with van der Waals surface area (Å²) in [6.45, 7) is 5.77. The maximum absolute atomic E-state index is 10.8. The first-order valence-corrected chi connectivity index (χ1v) is 5.78. The highest BCUT2D eigenvalue weighted by Gasteiger charge is 2.11. The highest BCUT2D eigenvalue weighted by Crippen LogP contribution is 2.34. The van der Waals surface area contributed by atoms with Crippen molar-refractivity contribution in [1.29, 1.82) is 0 Å². The number of nitroso groups, excluding NO2 is 1. The lowest BCUT2D eigenvalue weighted by molar-refractivity contribution is 0.475. The first-order chi connectivity index (χ1) is 8.54. The smallest absolute Gasteiger partial charge is 0.115 e. The molecule has 0 aliphatic rings. The molecule has 0 aromatic heterocycles. The van der Waals surface area contributed by atoms with Gasteiger partial charge in [0.25, 0.3) is 0 Å². The SMILES string of the molecule is Cc1cc(-c2ccc(O)cc2)c(C)c(C)c1N=O. The molecule has 92 valence electrons. The predicted octanol–water partition coefficient (Wildman–Crippen LogP) is 4.38. The molecule has 0 atom stereocenters. The monoisotopic (exact) mass is 241 g/mol. The first-order valence-electron chi connectivity index (χ1n) is 5.78. The van der Waals surface area contributed by atoms with E-state index in [9.17, 15) is 10.0 Å². The molecule has 1 N–H and O–H groups in total. The molecule has 0 spiro atoms. The average molecular weight is 241 g/mol. The maximum Gasteiger partial charge on any atom is 0.115 e. The van der Waals surface area contributed by atoms with Crippen molar-refractivity contribution in [1.82, 2.24) is 0 Å². The van der Waals surface area contributed by atoms with Crippen molar-refractivity contribution in [3.8, 4) is 16.9 Å². The highest BCUT2D eigenvalue weighted by atomic mass is 16.3. The van der Waals surface area contributed by atoms with Crippen molar-refractivity contribution in [3.05, 3.63) is 51.9 Å². The van der Waals surface area contributed by atoms with Crippen LogP contribution in [0.3, 0.4) is 0 Å². The summed E-state index contributed by atoms with van der Waals surface area (Å²) in [6, 6.07) is 9.01. The summed E-state index contributed by atoms with van der Waals surface area (Å²) in [5, 5.41) is 12.4. The molecule has 18 heavy (non-hydrogen) atoms. The van der Waals surface area contributed by atoms with E-state index in [2.05, 4.69) is 5.18 Å². The van der Waals surface area contributed by atoms with Crippen LogP contribution in [0.2, 0.25) is 0 Å². The molecule has 0 amide bonds. The Kier molecular flexibility index (Phi) is 3.15. The van der Waals surface area contributed by atoms with E-state index >= 15 is 0 Å². The molecule has 2 aromatic carbocycles. The fourth-order valence-electron chi connectivity index (χ4n) is 2.15. The molecule has 0 bridgehead atoms. The van der Waals surface area contributed by atoms with Gasteiger partial charge in [-0.3, -0.25) is 0 Å². The van der Waals surface area contributed by atoms with Gasteiger partial charge in [0, 0.05) is 0 Å². The van der Waals surface area contributed by atoms with Crippen LogP contribution in [0.1, 0.15) is 16.7 Å². The Balaban J connectivity index is 2.66. The molecule has 0 heterocycles. The lowest BCUT2D eigenvalue weighted by Crippen LogP contribution is -1.91. The third-order valence-electron chi connectivity index (χ3n) is 3.33. The molecule has 0 aliphatic carbocycles. The van der Waals surface area contributed by atoms with Crippen molar-refractivity contribution in [2.75, 3.05) is 0 Å². The van der Waals surface area contributed by atoms with Crippen LogP contribution in [0.25, 0.3) is 11.1 Å². The van der Waals surface area contributed by atoms with Crippen molar-refractivity contribution < 1.29 is 5.11 Å². The number of aromatic hydroxyl groups is 1. The zero-order valence-corrected chi connectivity index (χ0v) is 10.7. The Hall–Kier alpha value is -2.16. The molecule has 0 radical (unpaired) electrons. The van der Waals surface area contributed by atoms with Gasteiger partial charge in [-0.2, -0.15) is 0 Å². The summed E-state index contributed by atoms with van der Waals surface area (Å²) in [6.07, 6.45) is 0. The molecule has 0 saturated heterocycles. The Morgan fingerprint density at radius 1 is 1.00 bits per heavy atom. The molecular weight excluding hydrogens is 226 g/mol. The molecule has 0 fully saturated rings. The van der Waals surface area contributed by atoms with E-state index in [0.717, 1.165) is 27.8 Å². The molecule has 3 heteroatoms. The highest BCUT2D eigenvalue weighted by molar-refractivity contribution is 5.74. The zero-order valence-electron chi connectivity index (χ0n) is 10.7. The van der Waals surface area contributed by atoms with Crippen LogP contribution in [-0.4, -0.2) is 5.11 Å². The lowest BCUT2D eigenvalue weighted by Gasteiger charge is -2.13. The van der Waals surface area contributed by atoms with Gasteiger partial charge < -0.3 is 5.11 Å². The van der Waals surface area contributed by atoms with Crippen LogP contribution in [0.4, 0.5) is 5.69 Å². The molecule has 0 unspecified atom stereocenters. The van der Waals surface area contributed by atoms with E-state index in [1.807, 2.05) is 39.0 Å². The minimum Gasteiger partial charge on any atom is -0.508 e. The predicted molar refractivity (Wildman–Crippen MR) is 73.2 cm³/mol. The van der Waals surface area contributed by atoms with Gasteiger partial charge in [-0.25, -0.2) is 0 Å². The fourth-order valence-corrected chi connectivity index (χ4v) is 2.15. The normalized spacial score (nSPS) is 10.4. The van der Waals surface area contributed by atoms with Gasteiger partial charge in [0.2, 0.25) is 0 Å². The number of phenols is 1. The quantitative estimate of drug-likeness (QED) is 0.793. The van der Waals surface area contributed by atoms with Gasteiger partial charge in [0.15, 0.2) is 0 Å². The van der Waals surface area contributed by atoms with Crippen molar-refractivity contribution in [2.24, 2.45) is 5.18 Å². The lowest BCUT2D eigenvalue weighted by atomic mass is 9.93. The second-order valence-corrected chi connectivity index (χ2v) is 4.48. The van der Waals surface area contributed by atoms with Crippen LogP contribution in [0, 0.1) is 25.7 Å². The van der Waals surface area contributed by atoms with E-state index in [1.165, 1.54) is 0 Å². The number of benzene rings is 2. The molecule has 0 saturated carbocycles. The minimum atomic E-state index is 0.246. The van der Waals surface area contributed by atoms with Crippen LogP contribution in [0.5, 0.6) is 5.75 Å². The van der Waals surface area contributed by atoms with Crippen LogP contribution < -0.4 is 0 Å². The van der Waals surface area contributed by atoms with E-state index in [-0.39, 0.29) is 5.75 Å². The topological polar surface area (TPSA) is 49.7 Å². The summed E-state index contributed by atoms with van der Waals surface area (Å²) >= 11 is 0. The number of rotatable bonds is 2. The maximum atomic E-state index is 10.8. The summed E-state index contributed by atoms with van der Waals surface area (Å²) < 4.78 is 0. The standard InChI is InChI=1S/C15H15NO2/c1-9-8-14(10(2)11(3)15(9)16-18)12-4-6-13(17)7-5-12/h4-8,17H,1-3H3. The summed E-state index contributed by atoms with van der Waals surface area (Å²) in [5.41, 5.74) is 5.44. The van der Waals surface area contributed by atoms with Crippen molar-refractivity contribution >= 4 is 5.69 Å². The third-order valence-corrected chi connectivity index (χ3v) is 3.33. The van der Waals surface area contributed by atoms with Crippen molar-refractivity contribution in [2.45, 2.75) is 20.8 Å². The molecule has 2 rings (SSSR count). The average Bonchev–Trinajstić information content (AvgIpc) is 2.36. The second kappa shape index (κ2) is 4.61. The Morgan fingerprint density at radius 2 is 1.61 bits per heavy atom. The van der Waals surface area contributed by atoms with E-state index in [4.69, 9.17) is 0 Å². The van der Waals surface area contributed by atoms with Gasteiger partial charge in [0.1, 0.15) is 11.4 Å². The number of hydrogen-bond acceptors (Lipinski definition) is 3. The van der Waals surface area contributed by atoms with Gasteiger partial charge in [0.05, 0.1) is 0 Å². The van der Waals surface area contributed by atoms with Crippen LogP contribution >= 0.6 is 0 Å². The fraction of sp³-hybridized carbons (Fsp3) is 0.200. The van der Waals surface area contributed by atoms with Gasteiger partial charge in [-0.05, 0) is 72.0 Å². The minimum absolute atomic E-state index is 0.246. The van der Waals surface area contributed by atoms with E-state index < -0.39 is 0 Å². The number of nitrogens with zero attached hydrogens (tertiary/aromatic N) is 1. The van der Waals surface area contributed by atoms with Crippen LogP contribution in [-0.2, 0) is 0 Å². The number of hydrogen-bond donors (Lipinski definition) is 1. The second-order valence-electron chi connectivity index (χ2n) is 4.48. The van der Waals surface area contributed by atoms with E-state index in [1.54, 1.807) is 12.1 Å². The Bertz CT molecular complexity index is 601. The number of phenolic OH excluding ortho intramolecular Hbond substituents is 1. The van der Waals surface area contributed by atoms with Gasteiger partial charge in [-0.1, -0.05) is 12.1 Å². The van der Waals surface area contributed by atoms with E-state index in [0.29, 0.717) is 5.69 Å². The van der Waals surface area contributed by atoms with Gasteiger partial charge >= 0.3 is 0 Å². The Labute approximate surface area is 106 Å². The summed E-state index contributed by atoms with van der Waals surface area (Å²) in [4.78, 5) is 10.8. The van der Waals surface area contributed by atoms with Crippen molar-refractivity contribution in [3.63, 3.8) is 0 Å². The molecular formula is C15H15NO2. The summed E-state index contributed by atoms with van der Waals surface area (Å²) in [5.74, 6) is 0.246. The molecule has 2 aromatic rings. The summed E-state index contributed by atoms with van der Waals surface area (Å²) in [7, 11) is 0. The van der Waals surface area contributed by atoms with Gasteiger partial charge in [-0.15, -0.1) is 4.91 Å². The molecule has 0 aliphatic heterocycles. The van der Waals surface area contributed by atoms with Crippen LogP contribution in [0.15, 0.2) is 35.5 Å². The third kappa shape index (κ3) is 1.99. The molecule has 3 nitrogen and oxygen atoms in total. The largest absolute Gasteiger partial charge is 0.508 e. The first kappa shape index (κ1) is 12.3. The Morgan fingerprint density at radius 3 is 2.17 bits per heavy atom. The zero-order chi connectivity index (χ0) is 13.3. The number of aryl methyl sites for hydroxylation is 1.